The minimum atomic E-state index is -0.412. The Morgan fingerprint density at radius 2 is 1.64 bits per heavy atom. The molecule has 0 aliphatic heterocycles. The van der Waals surface area contributed by atoms with Crippen molar-refractivity contribution in [2.24, 2.45) is 0 Å². The molecule has 0 spiro atoms. The number of esters is 1. The maximum atomic E-state index is 12.7. The maximum absolute atomic E-state index is 12.7. The van der Waals surface area contributed by atoms with Crippen LogP contribution < -0.4 is 0 Å². The number of carbonyl (C=O) groups is 2. The summed E-state index contributed by atoms with van der Waals surface area (Å²) in [5.74, 6) is -1.04. The molecule has 4 nitrogen and oxygen atoms in total. The fraction of sp³-hybridized carbons (Fsp3) is 0.167. The van der Waals surface area contributed by atoms with E-state index in [1.807, 2.05) is 36.4 Å². The van der Waals surface area contributed by atoms with Crippen LogP contribution in [0.25, 0.3) is 0 Å². The number of ketones is 1. The minimum Gasteiger partial charge on any atom is -0.507 e. The summed E-state index contributed by atoms with van der Waals surface area (Å²) in [5.41, 5.74) is 3.39. The van der Waals surface area contributed by atoms with Crippen LogP contribution >= 0.6 is 0 Å². The van der Waals surface area contributed by atoms with Gasteiger partial charge in [-0.3, -0.25) is 9.59 Å². The van der Waals surface area contributed by atoms with Crippen LogP contribution in [0.15, 0.2) is 72.8 Å². The predicted octanol–water partition coefficient (Wildman–Crippen LogP) is 4.40. The first-order chi connectivity index (χ1) is 13.6. The van der Waals surface area contributed by atoms with Gasteiger partial charge in [0.2, 0.25) is 0 Å². The summed E-state index contributed by atoms with van der Waals surface area (Å²) in [7, 11) is 0. The molecule has 1 atom stereocenters. The number of hydrogen-bond acceptors (Lipinski definition) is 4. The van der Waals surface area contributed by atoms with Crippen molar-refractivity contribution in [3.8, 4) is 5.75 Å². The lowest BCUT2D eigenvalue weighted by Gasteiger charge is -2.13. The zero-order valence-electron chi connectivity index (χ0n) is 15.3. The molecule has 3 aromatic rings. The van der Waals surface area contributed by atoms with Crippen molar-refractivity contribution in [1.82, 2.24) is 0 Å². The van der Waals surface area contributed by atoms with Crippen LogP contribution in [0.4, 0.5) is 0 Å². The van der Waals surface area contributed by atoms with Crippen LogP contribution in [0.5, 0.6) is 5.75 Å². The molecule has 3 aromatic carbocycles. The number of ether oxygens (including phenoxy) is 1. The van der Waals surface area contributed by atoms with E-state index in [1.165, 1.54) is 0 Å². The highest BCUT2D eigenvalue weighted by Crippen LogP contribution is 2.38. The standard InChI is InChI=1S/C24H20O4/c25-22-14-20-18(13-21(22)23(26)17-9-5-2-6-10-17)11-12-19(20)24(27)28-15-16-7-3-1-4-8-16/h1-10,13-14,19,25H,11-12,15H2. The molecule has 0 aromatic heterocycles. The lowest BCUT2D eigenvalue weighted by Crippen LogP contribution is -2.14. The highest BCUT2D eigenvalue weighted by molar-refractivity contribution is 6.10. The zero-order valence-corrected chi connectivity index (χ0v) is 15.3. The number of phenols is 1. The van der Waals surface area contributed by atoms with Crippen molar-refractivity contribution in [3.05, 3.63) is 101 Å². The van der Waals surface area contributed by atoms with Crippen LogP contribution in [-0.2, 0) is 22.6 Å². The average Bonchev–Trinajstić information content (AvgIpc) is 3.15. The quantitative estimate of drug-likeness (QED) is 0.533. The normalized spacial score (nSPS) is 15.1. The van der Waals surface area contributed by atoms with E-state index < -0.39 is 5.92 Å². The second-order valence-corrected chi connectivity index (χ2v) is 6.95. The summed E-state index contributed by atoms with van der Waals surface area (Å²) >= 11 is 0. The lowest BCUT2D eigenvalue weighted by atomic mass is 9.95. The summed E-state index contributed by atoms with van der Waals surface area (Å²) in [4.78, 5) is 25.3. The Hall–Kier alpha value is -3.40. The Bertz CT molecular complexity index is 1010. The van der Waals surface area contributed by atoms with Gasteiger partial charge in [-0.2, -0.15) is 0 Å². The Labute approximate surface area is 163 Å². The predicted molar refractivity (Wildman–Crippen MR) is 105 cm³/mol. The third kappa shape index (κ3) is 3.54. The maximum Gasteiger partial charge on any atom is 0.313 e. The topological polar surface area (TPSA) is 63.6 Å². The van der Waals surface area contributed by atoms with Crippen molar-refractivity contribution in [2.75, 3.05) is 0 Å². The van der Waals surface area contributed by atoms with Gasteiger partial charge in [0.15, 0.2) is 5.78 Å². The van der Waals surface area contributed by atoms with Crippen molar-refractivity contribution in [3.63, 3.8) is 0 Å². The van der Waals surface area contributed by atoms with Crippen molar-refractivity contribution < 1.29 is 19.4 Å². The first kappa shape index (κ1) is 18.0. The van der Waals surface area contributed by atoms with Crippen molar-refractivity contribution >= 4 is 11.8 Å². The van der Waals surface area contributed by atoms with E-state index in [1.54, 1.807) is 36.4 Å². The molecular weight excluding hydrogens is 352 g/mol. The van der Waals surface area contributed by atoms with Gasteiger partial charge in [0.25, 0.3) is 0 Å². The van der Waals surface area contributed by atoms with E-state index >= 15 is 0 Å². The molecule has 140 valence electrons. The molecule has 1 aliphatic rings. The summed E-state index contributed by atoms with van der Waals surface area (Å²) < 4.78 is 5.47. The molecule has 1 N–H and O–H groups in total. The van der Waals surface area contributed by atoms with Gasteiger partial charge < -0.3 is 9.84 Å². The number of aryl methyl sites for hydroxylation is 1. The van der Waals surface area contributed by atoms with E-state index in [0.717, 1.165) is 16.7 Å². The Morgan fingerprint density at radius 1 is 0.964 bits per heavy atom. The average molecular weight is 372 g/mol. The molecule has 0 bridgehead atoms. The fourth-order valence-electron chi connectivity index (χ4n) is 3.65. The third-order valence-corrected chi connectivity index (χ3v) is 5.12. The van der Waals surface area contributed by atoms with Crippen LogP contribution in [0, 0.1) is 0 Å². The van der Waals surface area contributed by atoms with Gasteiger partial charge in [-0.15, -0.1) is 0 Å². The van der Waals surface area contributed by atoms with Gasteiger partial charge in [0, 0.05) is 5.56 Å². The molecule has 0 amide bonds. The van der Waals surface area contributed by atoms with Crippen LogP contribution in [0.2, 0.25) is 0 Å². The van der Waals surface area contributed by atoms with Gasteiger partial charge in [-0.05, 0) is 41.7 Å². The second-order valence-electron chi connectivity index (χ2n) is 6.95. The van der Waals surface area contributed by atoms with E-state index in [0.29, 0.717) is 18.4 Å². The third-order valence-electron chi connectivity index (χ3n) is 5.12. The highest BCUT2D eigenvalue weighted by atomic mass is 16.5. The molecule has 4 rings (SSSR count). The summed E-state index contributed by atoms with van der Waals surface area (Å²) in [6.07, 6.45) is 1.29. The number of fused-ring (bicyclic) bond motifs is 1. The number of rotatable bonds is 5. The Kier molecular flexibility index (Phi) is 4.94. The van der Waals surface area contributed by atoms with Crippen LogP contribution in [-0.4, -0.2) is 16.9 Å². The minimum absolute atomic E-state index is 0.102. The van der Waals surface area contributed by atoms with Crippen LogP contribution in [0.3, 0.4) is 0 Å². The van der Waals surface area contributed by atoms with Gasteiger partial charge in [-0.25, -0.2) is 0 Å². The van der Waals surface area contributed by atoms with Gasteiger partial charge >= 0.3 is 5.97 Å². The van der Waals surface area contributed by atoms with E-state index in [4.69, 9.17) is 4.74 Å². The number of phenolic OH excluding ortho intramolecular Hbond substituents is 1. The summed E-state index contributed by atoms with van der Waals surface area (Å²) in [5, 5.41) is 10.4. The zero-order chi connectivity index (χ0) is 19.5. The van der Waals surface area contributed by atoms with Crippen molar-refractivity contribution in [1.29, 1.82) is 0 Å². The summed E-state index contributed by atoms with van der Waals surface area (Å²) in [6, 6.07) is 21.6. The van der Waals surface area contributed by atoms with Gasteiger partial charge in [0.1, 0.15) is 12.4 Å². The molecule has 0 fully saturated rings. The molecule has 0 radical (unpaired) electrons. The molecule has 0 heterocycles. The van der Waals surface area contributed by atoms with Crippen LogP contribution in [0.1, 0.15) is 45.0 Å². The van der Waals surface area contributed by atoms with E-state index in [-0.39, 0.29) is 29.7 Å². The number of aromatic hydroxyl groups is 1. The van der Waals surface area contributed by atoms with E-state index in [9.17, 15) is 14.7 Å². The molecule has 1 unspecified atom stereocenters. The fourth-order valence-corrected chi connectivity index (χ4v) is 3.65. The monoisotopic (exact) mass is 372 g/mol. The SMILES string of the molecule is O=C(c1ccccc1)c1cc2c(cc1O)C(C(=O)OCc1ccccc1)CC2. The lowest BCUT2D eigenvalue weighted by molar-refractivity contribution is -0.146. The number of hydrogen-bond donors (Lipinski definition) is 1. The summed E-state index contributed by atoms with van der Waals surface area (Å²) in [6.45, 7) is 0.224. The Morgan fingerprint density at radius 3 is 2.36 bits per heavy atom. The first-order valence-electron chi connectivity index (χ1n) is 9.29. The van der Waals surface area contributed by atoms with Gasteiger partial charge in [0.05, 0.1) is 11.5 Å². The largest absolute Gasteiger partial charge is 0.507 e. The molecule has 0 saturated carbocycles. The number of carbonyl (C=O) groups excluding carboxylic acids is 2. The second kappa shape index (κ2) is 7.69. The first-order valence-corrected chi connectivity index (χ1v) is 9.29. The molecule has 1 aliphatic carbocycles. The number of benzene rings is 3. The molecule has 0 saturated heterocycles. The molecule has 4 heteroatoms. The van der Waals surface area contributed by atoms with Gasteiger partial charge in [-0.1, -0.05) is 60.7 Å². The molecule has 28 heavy (non-hydrogen) atoms. The highest BCUT2D eigenvalue weighted by Gasteiger charge is 2.32. The van der Waals surface area contributed by atoms with E-state index in [2.05, 4.69) is 0 Å². The van der Waals surface area contributed by atoms with Crippen molar-refractivity contribution in [2.45, 2.75) is 25.4 Å². The molecular formula is C24H20O4. The Balaban J connectivity index is 1.53. The smallest absolute Gasteiger partial charge is 0.313 e.